The fourth-order valence-corrected chi connectivity index (χ4v) is 3.24. The molecule has 7 heteroatoms. The summed E-state index contributed by atoms with van der Waals surface area (Å²) in [6.45, 7) is 0.619. The van der Waals surface area contributed by atoms with Gasteiger partial charge in [0.25, 0.3) is 0 Å². The number of hydrogen-bond donors (Lipinski definition) is 1. The first kappa shape index (κ1) is 16.4. The summed E-state index contributed by atoms with van der Waals surface area (Å²) in [5, 5.41) is 4.49. The van der Waals surface area contributed by atoms with Gasteiger partial charge in [-0.3, -0.25) is 9.59 Å². The van der Waals surface area contributed by atoms with Crippen LogP contribution in [0.1, 0.15) is 12.8 Å². The fraction of sp³-hybridized carbons (Fsp3) is 0.294. The Morgan fingerprint density at radius 1 is 1.25 bits per heavy atom. The summed E-state index contributed by atoms with van der Waals surface area (Å²) >= 11 is 1.43. The van der Waals surface area contributed by atoms with Crippen LogP contribution in [0.4, 0.5) is 5.69 Å². The molecule has 6 nitrogen and oxygen atoms in total. The molecule has 0 spiro atoms. The van der Waals surface area contributed by atoms with E-state index >= 15 is 0 Å². The maximum Gasteiger partial charge on any atom is 0.228 e. The van der Waals surface area contributed by atoms with Crippen molar-refractivity contribution in [1.29, 1.82) is 0 Å². The van der Waals surface area contributed by atoms with Crippen LogP contribution in [0.3, 0.4) is 0 Å². The minimum Gasteiger partial charge on any atom is -0.346 e. The Balaban J connectivity index is 1.64. The third-order valence-corrected chi connectivity index (χ3v) is 4.76. The summed E-state index contributed by atoms with van der Waals surface area (Å²) in [5.74, 6) is -0.368. The lowest BCUT2D eigenvalue weighted by molar-refractivity contribution is -0.137. The highest BCUT2D eigenvalue weighted by molar-refractivity contribution is 7.99. The van der Waals surface area contributed by atoms with Crippen LogP contribution in [0.5, 0.6) is 0 Å². The van der Waals surface area contributed by atoms with E-state index in [1.54, 1.807) is 30.4 Å². The van der Waals surface area contributed by atoms with Crippen molar-refractivity contribution in [2.24, 2.45) is 5.92 Å². The summed E-state index contributed by atoms with van der Waals surface area (Å²) in [4.78, 5) is 34.3. The first-order valence-corrected chi connectivity index (χ1v) is 8.53. The smallest absolute Gasteiger partial charge is 0.228 e. The second-order valence-electron chi connectivity index (χ2n) is 5.65. The van der Waals surface area contributed by atoms with Gasteiger partial charge in [-0.1, -0.05) is 17.8 Å². The largest absolute Gasteiger partial charge is 0.346 e. The molecule has 0 aromatic carbocycles. The van der Waals surface area contributed by atoms with Gasteiger partial charge < -0.3 is 10.2 Å². The lowest BCUT2D eigenvalue weighted by atomic mass is 9.95. The zero-order valence-electron chi connectivity index (χ0n) is 13.3. The number of carbonyl (C=O) groups is 2. The number of nitrogens with one attached hydrogen (secondary N) is 1. The van der Waals surface area contributed by atoms with Gasteiger partial charge in [0.1, 0.15) is 10.1 Å². The average molecular weight is 342 g/mol. The second-order valence-corrected chi connectivity index (χ2v) is 6.69. The maximum absolute atomic E-state index is 12.4. The molecule has 2 aromatic rings. The van der Waals surface area contributed by atoms with Gasteiger partial charge in [-0.05, 0) is 30.7 Å². The minimum absolute atomic E-state index is 0.0162. The van der Waals surface area contributed by atoms with E-state index in [-0.39, 0.29) is 24.2 Å². The molecule has 0 saturated carbocycles. The molecule has 3 rings (SSSR count). The predicted octanol–water partition coefficient (Wildman–Crippen LogP) is 2.43. The number of nitrogens with zero attached hydrogens (tertiary/aromatic N) is 3. The molecule has 3 heterocycles. The summed E-state index contributed by atoms with van der Waals surface area (Å²) in [6, 6.07) is 9.24. The molecule has 2 amide bonds. The number of amides is 2. The van der Waals surface area contributed by atoms with E-state index in [2.05, 4.69) is 15.3 Å². The third kappa shape index (κ3) is 4.11. The molecule has 0 aliphatic carbocycles. The van der Waals surface area contributed by atoms with Crippen LogP contribution in [-0.4, -0.2) is 40.3 Å². The Hall–Kier alpha value is -2.41. The summed E-state index contributed by atoms with van der Waals surface area (Å²) in [6.07, 6.45) is 4.34. The van der Waals surface area contributed by atoms with Gasteiger partial charge >= 0.3 is 0 Å². The zero-order valence-corrected chi connectivity index (χ0v) is 14.1. The average Bonchev–Trinajstić information content (AvgIpc) is 2.58. The van der Waals surface area contributed by atoms with E-state index in [9.17, 15) is 9.59 Å². The van der Waals surface area contributed by atoms with Crippen LogP contribution >= 0.6 is 11.8 Å². The van der Waals surface area contributed by atoms with Crippen molar-refractivity contribution < 1.29 is 9.59 Å². The monoisotopic (exact) mass is 342 g/mol. The highest BCUT2D eigenvalue weighted by atomic mass is 32.2. The molecule has 124 valence electrons. The highest BCUT2D eigenvalue weighted by Crippen LogP contribution is 2.26. The molecule has 1 aliphatic heterocycles. The normalized spacial score (nSPS) is 17.6. The van der Waals surface area contributed by atoms with E-state index in [1.807, 2.05) is 24.3 Å². The second kappa shape index (κ2) is 7.44. The van der Waals surface area contributed by atoms with Crippen LogP contribution < -0.4 is 5.32 Å². The Bertz CT molecular complexity index is 738. The number of rotatable bonds is 4. The molecule has 1 atom stereocenters. The number of carbonyl (C=O) groups excluding carboxylic acids is 2. The predicted molar refractivity (Wildman–Crippen MR) is 91.6 cm³/mol. The Morgan fingerprint density at radius 3 is 2.83 bits per heavy atom. The van der Waals surface area contributed by atoms with E-state index in [4.69, 9.17) is 0 Å². The number of likely N-dealkylation sites (tertiary alicyclic amines) is 1. The minimum atomic E-state index is -0.270. The van der Waals surface area contributed by atoms with E-state index in [0.717, 1.165) is 10.1 Å². The van der Waals surface area contributed by atoms with Gasteiger partial charge in [0.2, 0.25) is 11.8 Å². The molecule has 24 heavy (non-hydrogen) atoms. The molecule has 1 saturated heterocycles. The lowest BCUT2D eigenvalue weighted by Crippen LogP contribution is -2.39. The van der Waals surface area contributed by atoms with Gasteiger partial charge in [-0.2, -0.15) is 0 Å². The van der Waals surface area contributed by atoms with Crippen molar-refractivity contribution in [2.75, 3.05) is 18.9 Å². The Labute approximate surface area is 144 Å². The zero-order chi connectivity index (χ0) is 16.9. The van der Waals surface area contributed by atoms with E-state index < -0.39 is 0 Å². The maximum atomic E-state index is 12.4. The van der Waals surface area contributed by atoms with Gasteiger partial charge in [0, 0.05) is 44.0 Å². The van der Waals surface area contributed by atoms with Crippen molar-refractivity contribution in [3.63, 3.8) is 0 Å². The van der Waals surface area contributed by atoms with Crippen LogP contribution in [-0.2, 0) is 9.59 Å². The number of pyridine rings is 2. The van der Waals surface area contributed by atoms with Crippen LogP contribution in [0.25, 0.3) is 0 Å². The van der Waals surface area contributed by atoms with Gasteiger partial charge in [0.05, 0.1) is 0 Å². The molecule has 1 fully saturated rings. The number of anilines is 1. The van der Waals surface area contributed by atoms with Gasteiger partial charge in [0.15, 0.2) is 0 Å². The van der Waals surface area contributed by atoms with Crippen molar-refractivity contribution in [3.05, 3.63) is 42.7 Å². The summed E-state index contributed by atoms with van der Waals surface area (Å²) in [7, 11) is 1.76. The van der Waals surface area contributed by atoms with Crippen molar-refractivity contribution in [3.8, 4) is 0 Å². The summed E-state index contributed by atoms with van der Waals surface area (Å²) in [5.41, 5.74) is 0.680. The highest BCUT2D eigenvalue weighted by Gasteiger charge is 2.28. The van der Waals surface area contributed by atoms with Crippen LogP contribution in [0, 0.1) is 5.92 Å². The molecular weight excluding hydrogens is 324 g/mol. The SMILES string of the molecule is CN1CC[C@H](C(=O)Nc2ccnc(Sc3ccccn3)c2)CC1=O. The third-order valence-electron chi connectivity index (χ3n) is 3.88. The number of piperidine rings is 1. The van der Waals surface area contributed by atoms with Crippen molar-refractivity contribution in [2.45, 2.75) is 22.9 Å². The van der Waals surface area contributed by atoms with E-state index in [0.29, 0.717) is 18.7 Å². The van der Waals surface area contributed by atoms with Gasteiger partial charge in [-0.15, -0.1) is 0 Å². The molecule has 1 N–H and O–H groups in total. The molecular formula is C17H18N4O2S. The molecule has 0 radical (unpaired) electrons. The topological polar surface area (TPSA) is 75.2 Å². The van der Waals surface area contributed by atoms with E-state index in [1.165, 1.54) is 11.8 Å². The van der Waals surface area contributed by atoms with Crippen molar-refractivity contribution >= 4 is 29.3 Å². The number of aromatic nitrogens is 2. The molecule has 0 bridgehead atoms. The lowest BCUT2D eigenvalue weighted by Gasteiger charge is -2.27. The molecule has 1 aliphatic rings. The number of hydrogen-bond acceptors (Lipinski definition) is 5. The first-order chi connectivity index (χ1) is 11.6. The first-order valence-electron chi connectivity index (χ1n) is 7.71. The van der Waals surface area contributed by atoms with Crippen molar-refractivity contribution in [1.82, 2.24) is 14.9 Å². The van der Waals surface area contributed by atoms with Crippen LogP contribution in [0.15, 0.2) is 52.8 Å². The Morgan fingerprint density at radius 2 is 2.08 bits per heavy atom. The quantitative estimate of drug-likeness (QED) is 0.924. The Kier molecular flexibility index (Phi) is 5.10. The summed E-state index contributed by atoms with van der Waals surface area (Å²) < 4.78 is 0. The fourth-order valence-electron chi connectivity index (χ4n) is 2.47. The molecule has 0 unspecified atom stereocenters. The standard InChI is InChI=1S/C17H18N4O2S/c1-21-9-6-12(10-16(21)22)17(23)20-13-5-8-19-15(11-13)24-14-4-2-3-7-18-14/h2-5,7-8,11-12H,6,9-10H2,1H3,(H,19,20,23)/t12-/m0/s1. The molecule has 2 aromatic heterocycles. The van der Waals surface area contributed by atoms with Gasteiger partial charge in [-0.25, -0.2) is 9.97 Å². The van der Waals surface area contributed by atoms with Crippen LogP contribution in [0.2, 0.25) is 0 Å².